The van der Waals surface area contributed by atoms with Crippen molar-refractivity contribution >= 4 is 0 Å². The molecule has 1 rings (SSSR count). The third-order valence-corrected chi connectivity index (χ3v) is 2.32. The van der Waals surface area contributed by atoms with E-state index in [9.17, 15) is 0 Å². The fourth-order valence-electron chi connectivity index (χ4n) is 1.37. The molecule has 0 aromatic heterocycles. The van der Waals surface area contributed by atoms with Crippen molar-refractivity contribution in [2.45, 2.75) is 60.5 Å². The van der Waals surface area contributed by atoms with E-state index in [1.54, 1.807) is 7.11 Å². The zero-order chi connectivity index (χ0) is 14.9. The van der Waals surface area contributed by atoms with Gasteiger partial charge in [-0.3, -0.25) is 0 Å². The Labute approximate surface area is 120 Å². The standard InChI is InChI=1S/C13H20O2.2C2H6/c1-3-4-5-10-15-11-12-6-8-13(14-2)9-7-12;2*1-2/h6-9H,3-5,10-11H2,1-2H3;2*1-2H3. The number of hydrogen-bond acceptors (Lipinski definition) is 2. The molecule has 112 valence electrons. The Morgan fingerprint density at radius 3 is 1.95 bits per heavy atom. The molecule has 0 radical (unpaired) electrons. The predicted molar refractivity (Wildman–Crippen MR) is 84.9 cm³/mol. The SMILES string of the molecule is CC.CC.CCCCCOCc1ccc(OC)cc1. The molecule has 1 aromatic rings. The Morgan fingerprint density at radius 1 is 0.895 bits per heavy atom. The largest absolute Gasteiger partial charge is 0.497 e. The minimum absolute atomic E-state index is 0.702. The predicted octanol–water partition coefficient (Wildman–Crippen LogP) is 5.45. The summed E-state index contributed by atoms with van der Waals surface area (Å²) in [6.07, 6.45) is 3.65. The lowest BCUT2D eigenvalue weighted by Crippen LogP contribution is -1.95. The minimum Gasteiger partial charge on any atom is -0.497 e. The number of unbranched alkanes of at least 4 members (excludes halogenated alkanes) is 2. The molecule has 0 saturated carbocycles. The van der Waals surface area contributed by atoms with Gasteiger partial charge < -0.3 is 9.47 Å². The van der Waals surface area contributed by atoms with Gasteiger partial charge in [0.2, 0.25) is 0 Å². The van der Waals surface area contributed by atoms with Gasteiger partial charge in [-0.1, -0.05) is 59.6 Å². The first-order chi connectivity index (χ1) is 9.36. The van der Waals surface area contributed by atoms with Crippen molar-refractivity contribution in [2.75, 3.05) is 13.7 Å². The van der Waals surface area contributed by atoms with Gasteiger partial charge in [-0.15, -0.1) is 0 Å². The fraction of sp³-hybridized carbons (Fsp3) is 0.647. The van der Waals surface area contributed by atoms with E-state index in [0.29, 0.717) is 6.61 Å². The van der Waals surface area contributed by atoms with Gasteiger partial charge in [0.25, 0.3) is 0 Å². The van der Waals surface area contributed by atoms with Crippen molar-refractivity contribution in [1.82, 2.24) is 0 Å². The van der Waals surface area contributed by atoms with Crippen molar-refractivity contribution in [3.63, 3.8) is 0 Å². The van der Waals surface area contributed by atoms with E-state index in [4.69, 9.17) is 9.47 Å². The quantitative estimate of drug-likeness (QED) is 0.612. The maximum absolute atomic E-state index is 5.55. The molecule has 0 amide bonds. The topological polar surface area (TPSA) is 18.5 Å². The Morgan fingerprint density at radius 2 is 1.47 bits per heavy atom. The summed E-state index contributed by atoms with van der Waals surface area (Å²) in [4.78, 5) is 0. The van der Waals surface area contributed by atoms with Crippen LogP contribution in [-0.4, -0.2) is 13.7 Å². The smallest absolute Gasteiger partial charge is 0.118 e. The van der Waals surface area contributed by atoms with E-state index < -0.39 is 0 Å². The summed E-state index contributed by atoms with van der Waals surface area (Å²) in [6.45, 7) is 11.8. The summed E-state index contributed by atoms with van der Waals surface area (Å²) in [5.74, 6) is 0.893. The first-order valence-corrected chi connectivity index (χ1v) is 7.57. The molecule has 0 bridgehead atoms. The highest BCUT2D eigenvalue weighted by Gasteiger charge is 1.94. The number of methoxy groups -OCH3 is 1. The molecular weight excluding hydrogens is 236 g/mol. The van der Waals surface area contributed by atoms with Crippen LogP contribution in [0, 0.1) is 0 Å². The average molecular weight is 268 g/mol. The number of hydrogen-bond donors (Lipinski definition) is 0. The molecule has 1 aromatic carbocycles. The van der Waals surface area contributed by atoms with Crippen molar-refractivity contribution in [2.24, 2.45) is 0 Å². The molecule has 0 unspecified atom stereocenters. The van der Waals surface area contributed by atoms with Crippen LogP contribution in [0.5, 0.6) is 5.75 Å². The third kappa shape index (κ3) is 11.8. The number of rotatable bonds is 7. The Hall–Kier alpha value is -1.02. The van der Waals surface area contributed by atoms with Crippen molar-refractivity contribution in [3.8, 4) is 5.75 Å². The van der Waals surface area contributed by atoms with Crippen LogP contribution in [0.1, 0.15) is 59.4 Å². The zero-order valence-corrected chi connectivity index (χ0v) is 13.7. The van der Waals surface area contributed by atoms with E-state index >= 15 is 0 Å². The summed E-state index contributed by atoms with van der Waals surface area (Å²) in [5.41, 5.74) is 1.20. The second-order valence-electron chi connectivity index (χ2n) is 3.61. The maximum Gasteiger partial charge on any atom is 0.118 e. The molecule has 0 aliphatic heterocycles. The number of ether oxygens (including phenoxy) is 2. The lowest BCUT2D eigenvalue weighted by atomic mass is 10.2. The maximum atomic E-state index is 5.55. The summed E-state index contributed by atoms with van der Waals surface area (Å²) < 4.78 is 10.6. The molecule has 2 nitrogen and oxygen atoms in total. The highest BCUT2D eigenvalue weighted by molar-refractivity contribution is 5.26. The van der Waals surface area contributed by atoms with Gasteiger partial charge in [0.15, 0.2) is 0 Å². The lowest BCUT2D eigenvalue weighted by Gasteiger charge is -2.05. The Kier molecular flexibility index (Phi) is 18.1. The van der Waals surface area contributed by atoms with Crippen LogP contribution in [0.2, 0.25) is 0 Å². The van der Waals surface area contributed by atoms with Gasteiger partial charge in [0, 0.05) is 6.61 Å². The number of benzene rings is 1. The second-order valence-corrected chi connectivity index (χ2v) is 3.61. The molecule has 0 N–H and O–H groups in total. The monoisotopic (exact) mass is 268 g/mol. The van der Waals surface area contributed by atoms with E-state index in [1.807, 2.05) is 52.0 Å². The van der Waals surface area contributed by atoms with E-state index in [1.165, 1.54) is 18.4 Å². The average Bonchev–Trinajstić information content (AvgIpc) is 2.52. The molecule has 0 atom stereocenters. The minimum atomic E-state index is 0.702. The van der Waals surface area contributed by atoms with Gasteiger partial charge in [-0.05, 0) is 24.1 Å². The second kappa shape index (κ2) is 17.0. The highest BCUT2D eigenvalue weighted by atomic mass is 16.5. The van der Waals surface area contributed by atoms with Crippen LogP contribution in [0.25, 0.3) is 0 Å². The highest BCUT2D eigenvalue weighted by Crippen LogP contribution is 2.12. The molecule has 0 aliphatic carbocycles. The van der Waals surface area contributed by atoms with Gasteiger partial charge in [0.05, 0.1) is 13.7 Å². The first kappa shape index (κ1) is 20.3. The summed E-state index contributed by atoms with van der Waals surface area (Å²) in [5, 5.41) is 0. The third-order valence-electron chi connectivity index (χ3n) is 2.32. The molecule has 0 spiro atoms. The lowest BCUT2D eigenvalue weighted by molar-refractivity contribution is 0.117. The molecule has 19 heavy (non-hydrogen) atoms. The molecule has 0 aliphatic rings. The van der Waals surface area contributed by atoms with Gasteiger partial charge in [-0.25, -0.2) is 0 Å². The van der Waals surface area contributed by atoms with Crippen molar-refractivity contribution < 1.29 is 9.47 Å². The molecule has 0 saturated heterocycles. The van der Waals surface area contributed by atoms with Crippen LogP contribution in [0.15, 0.2) is 24.3 Å². The first-order valence-electron chi connectivity index (χ1n) is 7.57. The van der Waals surface area contributed by atoms with E-state index in [2.05, 4.69) is 6.92 Å². The summed E-state index contributed by atoms with van der Waals surface area (Å²) >= 11 is 0. The van der Waals surface area contributed by atoms with E-state index in [0.717, 1.165) is 18.8 Å². The van der Waals surface area contributed by atoms with Crippen LogP contribution in [0.3, 0.4) is 0 Å². The Balaban J connectivity index is 0. The zero-order valence-electron chi connectivity index (χ0n) is 13.7. The van der Waals surface area contributed by atoms with Crippen LogP contribution >= 0.6 is 0 Å². The van der Waals surface area contributed by atoms with Crippen LogP contribution < -0.4 is 4.74 Å². The Bertz CT molecular complexity index is 254. The van der Waals surface area contributed by atoms with Crippen LogP contribution in [0.4, 0.5) is 0 Å². The normalized spacial score (nSPS) is 8.74. The molecule has 0 heterocycles. The van der Waals surface area contributed by atoms with Gasteiger partial charge in [-0.2, -0.15) is 0 Å². The summed E-state index contributed by atoms with van der Waals surface area (Å²) in [6, 6.07) is 8.01. The van der Waals surface area contributed by atoms with Crippen molar-refractivity contribution in [3.05, 3.63) is 29.8 Å². The van der Waals surface area contributed by atoms with Gasteiger partial charge >= 0.3 is 0 Å². The van der Waals surface area contributed by atoms with Crippen LogP contribution in [-0.2, 0) is 11.3 Å². The fourth-order valence-corrected chi connectivity index (χ4v) is 1.37. The molecule has 2 heteroatoms. The van der Waals surface area contributed by atoms with E-state index in [-0.39, 0.29) is 0 Å². The summed E-state index contributed by atoms with van der Waals surface area (Å²) in [7, 11) is 1.68. The van der Waals surface area contributed by atoms with Gasteiger partial charge in [0.1, 0.15) is 5.75 Å². The molecular formula is C17H32O2. The van der Waals surface area contributed by atoms with Crippen molar-refractivity contribution in [1.29, 1.82) is 0 Å². The molecule has 0 fully saturated rings.